The van der Waals surface area contributed by atoms with Gasteiger partial charge in [0.1, 0.15) is 17.8 Å². The Labute approximate surface area is 179 Å². The van der Waals surface area contributed by atoms with Crippen LogP contribution in [0.2, 0.25) is 0 Å². The first-order valence-corrected chi connectivity index (χ1v) is 10.6. The Morgan fingerprint density at radius 2 is 2.10 bits per heavy atom. The van der Waals surface area contributed by atoms with Gasteiger partial charge in [-0.15, -0.1) is 0 Å². The Hall–Kier alpha value is -3.26. The molecule has 154 valence electrons. The number of benzene rings is 1. The van der Waals surface area contributed by atoms with Crippen LogP contribution >= 0.6 is 11.3 Å². The molecule has 0 N–H and O–H groups in total. The van der Waals surface area contributed by atoms with Crippen LogP contribution in [0.15, 0.2) is 48.8 Å². The number of pyridine rings is 1. The number of carbonyl (C=O) groups excluding carboxylic acids is 1. The van der Waals surface area contributed by atoms with Gasteiger partial charge in [0.2, 0.25) is 0 Å². The molecule has 0 saturated heterocycles. The topological polar surface area (TPSA) is 73.1 Å². The lowest BCUT2D eigenvalue weighted by atomic mass is 10.2. The molecule has 0 aliphatic heterocycles. The van der Waals surface area contributed by atoms with Crippen LogP contribution < -0.4 is 9.64 Å². The highest BCUT2D eigenvalue weighted by molar-refractivity contribution is 7.22. The number of anilines is 1. The zero-order valence-corrected chi connectivity index (χ0v) is 18.0. The molecule has 8 heteroatoms. The van der Waals surface area contributed by atoms with E-state index < -0.39 is 0 Å². The Balaban J connectivity index is 1.71. The predicted molar refractivity (Wildman–Crippen MR) is 118 cm³/mol. The minimum atomic E-state index is -0.0814. The van der Waals surface area contributed by atoms with E-state index in [0.29, 0.717) is 18.3 Å². The molecule has 1 amide bonds. The van der Waals surface area contributed by atoms with Crippen molar-refractivity contribution in [2.45, 2.75) is 33.9 Å². The van der Waals surface area contributed by atoms with E-state index in [1.807, 2.05) is 57.2 Å². The van der Waals surface area contributed by atoms with Crippen LogP contribution in [0.1, 0.15) is 23.9 Å². The van der Waals surface area contributed by atoms with Gasteiger partial charge >= 0.3 is 0 Å². The number of thiazole rings is 1. The second kappa shape index (κ2) is 8.62. The lowest BCUT2D eigenvalue weighted by Gasteiger charge is -2.20. The lowest BCUT2D eigenvalue weighted by Crippen LogP contribution is -2.34. The van der Waals surface area contributed by atoms with Crippen molar-refractivity contribution in [1.82, 2.24) is 19.7 Å². The first-order valence-electron chi connectivity index (χ1n) is 9.78. The number of nitrogens with zero attached hydrogens (tertiary/aromatic N) is 5. The third-order valence-corrected chi connectivity index (χ3v) is 5.70. The average molecular weight is 422 g/mol. The fourth-order valence-corrected chi connectivity index (χ4v) is 4.28. The molecule has 3 aromatic heterocycles. The molecular formula is C22H23N5O2S. The molecule has 3 heterocycles. The van der Waals surface area contributed by atoms with Crippen LogP contribution in [0.3, 0.4) is 0 Å². The van der Waals surface area contributed by atoms with Crippen molar-refractivity contribution in [3.8, 4) is 5.75 Å². The molecule has 0 atom stereocenters. The van der Waals surface area contributed by atoms with Crippen molar-refractivity contribution in [2.24, 2.45) is 0 Å². The summed E-state index contributed by atoms with van der Waals surface area (Å²) in [7, 11) is 0. The maximum absolute atomic E-state index is 13.3. The second-order valence-electron chi connectivity index (χ2n) is 6.96. The maximum atomic E-state index is 13.3. The number of fused-ring (bicyclic) bond motifs is 1. The fourth-order valence-electron chi connectivity index (χ4n) is 3.28. The van der Waals surface area contributed by atoms with Gasteiger partial charge in [0, 0.05) is 18.1 Å². The van der Waals surface area contributed by atoms with E-state index in [0.717, 1.165) is 32.9 Å². The van der Waals surface area contributed by atoms with Crippen LogP contribution in [0, 0.1) is 13.8 Å². The third kappa shape index (κ3) is 4.18. The number of hydrogen-bond acceptors (Lipinski definition) is 6. The summed E-state index contributed by atoms with van der Waals surface area (Å²) in [6.45, 7) is 6.90. The number of hydrogen-bond donors (Lipinski definition) is 0. The van der Waals surface area contributed by atoms with Crippen LogP contribution in [-0.2, 0) is 17.9 Å². The van der Waals surface area contributed by atoms with Crippen LogP contribution in [-0.4, -0.2) is 32.3 Å². The van der Waals surface area contributed by atoms with Crippen LogP contribution in [0.5, 0.6) is 5.75 Å². The molecule has 0 fully saturated rings. The van der Waals surface area contributed by atoms with Gasteiger partial charge in [-0.2, -0.15) is 5.10 Å². The average Bonchev–Trinajstić information content (AvgIpc) is 3.30. The lowest BCUT2D eigenvalue weighted by molar-refractivity contribution is -0.119. The normalized spacial score (nSPS) is 11.0. The summed E-state index contributed by atoms with van der Waals surface area (Å²) < 4.78 is 8.43. The van der Waals surface area contributed by atoms with Crippen molar-refractivity contribution in [1.29, 1.82) is 0 Å². The van der Waals surface area contributed by atoms with E-state index in [1.54, 1.807) is 22.0 Å². The number of para-hydroxylation sites is 1. The molecule has 0 aliphatic carbocycles. The molecule has 4 aromatic rings. The Morgan fingerprint density at radius 1 is 1.23 bits per heavy atom. The maximum Gasteiger partial charge on any atom is 0.250 e. The summed E-state index contributed by atoms with van der Waals surface area (Å²) in [5.41, 5.74) is 3.54. The number of ether oxygens (including phenoxy) is 1. The van der Waals surface area contributed by atoms with E-state index in [-0.39, 0.29) is 12.5 Å². The van der Waals surface area contributed by atoms with E-state index >= 15 is 0 Å². The quantitative estimate of drug-likeness (QED) is 0.448. The number of carbonyl (C=O) groups is 1. The van der Waals surface area contributed by atoms with Gasteiger partial charge < -0.3 is 4.74 Å². The van der Waals surface area contributed by atoms with E-state index in [1.165, 1.54) is 11.3 Å². The number of amides is 1. The molecule has 0 spiro atoms. The first-order chi connectivity index (χ1) is 14.5. The van der Waals surface area contributed by atoms with Gasteiger partial charge in [-0.1, -0.05) is 23.5 Å². The highest BCUT2D eigenvalue weighted by atomic mass is 32.1. The summed E-state index contributed by atoms with van der Waals surface area (Å²) in [5.74, 6) is 0.645. The minimum Gasteiger partial charge on any atom is -0.492 e. The summed E-state index contributed by atoms with van der Waals surface area (Å²) in [4.78, 5) is 24.0. The molecule has 0 radical (unpaired) electrons. The first kappa shape index (κ1) is 20.0. The second-order valence-corrected chi connectivity index (χ2v) is 7.97. The zero-order chi connectivity index (χ0) is 21.1. The van der Waals surface area contributed by atoms with Gasteiger partial charge in [0.25, 0.3) is 5.91 Å². The van der Waals surface area contributed by atoms with Crippen LogP contribution in [0.4, 0.5) is 5.13 Å². The molecule has 7 nitrogen and oxygen atoms in total. The van der Waals surface area contributed by atoms with Crippen molar-refractivity contribution < 1.29 is 9.53 Å². The van der Waals surface area contributed by atoms with Crippen molar-refractivity contribution >= 4 is 32.6 Å². The standard InChI is InChI=1S/C22H23N5O2S/c1-4-29-18-8-5-9-19-21(18)24-22(30-19)26(13-17-7-6-10-23-12-17)20(28)14-27-16(3)11-15(2)25-27/h5-12H,4,13-14H2,1-3H3. The third-order valence-electron chi connectivity index (χ3n) is 4.65. The molecule has 1 aromatic carbocycles. The molecule has 0 unspecified atom stereocenters. The molecule has 4 rings (SSSR count). The SMILES string of the molecule is CCOc1cccc2sc(N(Cc3cccnc3)C(=O)Cn3nc(C)cc3C)nc12. The van der Waals surface area contributed by atoms with Crippen molar-refractivity contribution in [3.63, 3.8) is 0 Å². The van der Waals surface area contributed by atoms with Crippen molar-refractivity contribution in [2.75, 3.05) is 11.5 Å². The number of aryl methyl sites for hydroxylation is 2. The Morgan fingerprint density at radius 3 is 2.80 bits per heavy atom. The summed E-state index contributed by atoms with van der Waals surface area (Å²) >= 11 is 1.48. The molecule has 0 aliphatic rings. The smallest absolute Gasteiger partial charge is 0.250 e. The highest BCUT2D eigenvalue weighted by Gasteiger charge is 2.22. The zero-order valence-electron chi connectivity index (χ0n) is 17.2. The molecule has 30 heavy (non-hydrogen) atoms. The molecule has 0 bridgehead atoms. The Bertz CT molecular complexity index is 1170. The monoisotopic (exact) mass is 421 g/mol. The number of aromatic nitrogens is 4. The van der Waals surface area contributed by atoms with Gasteiger partial charge in [-0.3, -0.25) is 19.4 Å². The molecular weight excluding hydrogens is 398 g/mol. The largest absolute Gasteiger partial charge is 0.492 e. The van der Waals surface area contributed by atoms with E-state index in [9.17, 15) is 4.79 Å². The van der Waals surface area contributed by atoms with Gasteiger partial charge in [0.15, 0.2) is 5.13 Å². The fraction of sp³-hybridized carbons (Fsp3) is 0.273. The highest BCUT2D eigenvalue weighted by Crippen LogP contribution is 2.35. The van der Waals surface area contributed by atoms with Crippen LogP contribution in [0.25, 0.3) is 10.2 Å². The van der Waals surface area contributed by atoms with E-state index in [4.69, 9.17) is 9.72 Å². The summed E-state index contributed by atoms with van der Waals surface area (Å²) in [6.07, 6.45) is 3.49. The number of rotatable bonds is 7. The van der Waals surface area contributed by atoms with E-state index in [2.05, 4.69) is 10.1 Å². The summed E-state index contributed by atoms with van der Waals surface area (Å²) in [5, 5.41) is 5.07. The molecule has 0 saturated carbocycles. The van der Waals surface area contributed by atoms with Crippen molar-refractivity contribution in [3.05, 3.63) is 65.7 Å². The van der Waals surface area contributed by atoms with Gasteiger partial charge in [-0.25, -0.2) is 4.98 Å². The summed E-state index contributed by atoms with van der Waals surface area (Å²) in [6, 6.07) is 11.6. The Kier molecular flexibility index (Phi) is 5.76. The predicted octanol–water partition coefficient (Wildman–Crippen LogP) is 4.14. The van der Waals surface area contributed by atoms with Gasteiger partial charge in [0.05, 0.1) is 23.5 Å². The minimum absolute atomic E-state index is 0.0814. The van der Waals surface area contributed by atoms with Gasteiger partial charge in [-0.05, 0) is 50.6 Å².